The highest BCUT2D eigenvalue weighted by Crippen LogP contribution is 2.24. The predicted molar refractivity (Wildman–Crippen MR) is 54.5 cm³/mol. The smallest absolute Gasteiger partial charge is 0.262 e. The van der Waals surface area contributed by atoms with Crippen molar-refractivity contribution in [2.45, 2.75) is 11.8 Å². The van der Waals surface area contributed by atoms with E-state index in [1.165, 1.54) is 19.1 Å². The third-order valence-electron chi connectivity index (χ3n) is 1.59. The lowest BCUT2D eigenvalue weighted by atomic mass is 10.1. The van der Waals surface area contributed by atoms with Gasteiger partial charge in [-0.2, -0.15) is 0 Å². The van der Waals surface area contributed by atoms with Crippen LogP contribution in [0.5, 0.6) is 0 Å². The quantitative estimate of drug-likeness (QED) is 0.601. The summed E-state index contributed by atoms with van der Waals surface area (Å²) in [5, 5.41) is 0.217. The third-order valence-corrected chi connectivity index (χ3v) is 3.18. The summed E-state index contributed by atoms with van der Waals surface area (Å²) in [4.78, 5) is 10.8. The number of Topliss-reactive ketones (excluding diaryl/α,β-unsaturated/α-hetero) is 1. The molecule has 0 heterocycles. The van der Waals surface area contributed by atoms with E-state index in [0.29, 0.717) is 0 Å². The van der Waals surface area contributed by atoms with Crippen molar-refractivity contribution in [3.63, 3.8) is 0 Å². The van der Waals surface area contributed by atoms with E-state index in [4.69, 9.17) is 22.3 Å². The molecule has 0 N–H and O–H groups in total. The zero-order valence-electron chi connectivity index (χ0n) is 7.12. The summed E-state index contributed by atoms with van der Waals surface area (Å²) in [6, 6.07) is 3.92. The van der Waals surface area contributed by atoms with Crippen LogP contribution in [0.3, 0.4) is 0 Å². The monoisotopic (exact) mass is 252 g/mol. The molecule has 76 valence electrons. The first kappa shape index (κ1) is 11.5. The van der Waals surface area contributed by atoms with Gasteiger partial charge in [0, 0.05) is 21.3 Å². The summed E-state index contributed by atoms with van der Waals surface area (Å²) in [6.45, 7) is 1.26. The number of ketones is 1. The molecule has 14 heavy (non-hydrogen) atoms. The Labute approximate surface area is 91.1 Å². The molecule has 1 aromatic carbocycles. The summed E-state index contributed by atoms with van der Waals surface area (Å²) < 4.78 is 22.1. The minimum atomic E-state index is -3.93. The number of carbonyl (C=O) groups excluding carboxylic acids is 1. The molecule has 0 amide bonds. The van der Waals surface area contributed by atoms with Crippen molar-refractivity contribution >= 4 is 37.1 Å². The maximum atomic E-state index is 11.1. The summed E-state index contributed by atoms with van der Waals surface area (Å²) in [6.07, 6.45) is 0. The first-order valence-electron chi connectivity index (χ1n) is 3.57. The Hall–Kier alpha value is -0.580. The maximum absolute atomic E-state index is 11.1. The van der Waals surface area contributed by atoms with Crippen molar-refractivity contribution in [3.05, 3.63) is 28.8 Å². The lowest BCUT2D eigenvalue weighted by Gasteiger charge is -2.03. The highest BCUT2D eigenvalue weighted by molar-refractivity contribution is 8.13. The molecule has 0 aliphatic heterocycles. The van der Waals surface area contributed by atoms with Crippen molar-refractivity contribution in [3.8, 4) is 0 Å². The van der Waals surface area contributed by atoms with Crippen molar-refractivity contribution in [1.29, 1.82) is 0 Å². The van der Waals surface area contributed by atoms with Gasteiger partial charge in [-0.25, -0.2) is 8.42 Å². The van der Waals surface area contributed by atoms with E-state index in [0.717, 1.165) is 6.07 Å². The van der Waals surface area contributed by atoms with Gasteiger partial charge in [0.15, 0.2) is 5.78 Å². The minimum absolute atomic E-state index is 0.0457. The molecule has 0 bridgehead atoms. The molecule has 0 aromatic heterocycles. The van der Waals surface area contributed by atoms with E-state index in [9.17, 15) is 13.2 Å². The maximum Gasteiger partial charge on any atom is 0.262 e. The van der Waals surface area contributed by atoms with Gasteiger partial charge in [-0.1, -0.05) is 11.6 Å². The number of rotatable bonds is 2. The average Bonchev–Trinajstić information content (AvgIpc) is 2.01. The van der Waals surface area contributed by atoms with Gasteiger partial charge in [0.25, 0.3) is 9.05 Å². The number of halogens is 2. The second kappa shape index (κ2) is 3.88. The number of benzene rings is 1. The molecule has 0 atom stereocenters. The van der Waals surface area contributed by atoms with Crippen molar-refractivity contribution in [2.75, 3.05) is 0 Å². The van der Waals surface area contributed by atoms with E-state index >= 15 is 0 Å². The van der Waals surface area contributed by atoms with E-state index in [2.05, 4.69) is 0 Å². The Morgan fingerprint density at radius 1 is 1.36 bits per heavy atom. The van der Waals surface area contributed by atoms with Gasteiger partial charge in [-0.3, -0.25) is 4.79 Å². The van der Waals surface area contributed by atoms with Crippen LogP contribution in [0, 0.1) is 0 Å². The molecular formula is C8H6Cl2O3S. The molecule has 0 unspecified atom stereocenters. The SMILES string of the molecule is CC(=O)c1ccc(Cl)cc1S(=O)(=O)Cl. The lowest BCUT2D eigenvalue weighted by molar-refractivity contribution is 0.101. The summed E-state index contributed by atoms with van der Waals surface area (Å²) in [7, 11) is 1.21. The standard InChI is InChI=1S/C8H6Cl2O3S/c1-5(11)7-3-2-6(9)4-8(7)14(10,12)13/h2-4H,1H3. The molecule has 0 spiro atoms. The second-order valence-electron chi connectivity index (χ2n) is 2.63. The first-order valence-corrected chi connectivity index (χ1v) is 6.26. The van der Waals surface area contributed by atoms with E-state index in [1.54, 1.807) is 0 Å². The van der Waals surface area contributed by atoms with Crippen LogP contribution in [0.1, 0.15) is 17.3 Å². The van der Waals surface area contributed by atoms with Gasteiger partial charge in [-0.05, 0) is 25.1 Å². The van der Waals surface area contributed by atoms with Gasteiger partial charge >= 0.3 is 0 Å². The highest BCUT2D eigenvalue weighted by atomic mass is 35.7. The van der Waals surface area contributed by atoms with Gasteiger partial charge in [-0.15, -0.1) is 0 Å². The molecule has 6 heteroatoms. The topological polar surface area (TPSA) is 51.2 Å². The number of hydrogen-bond acceptors (Lipinski definition) is 3. The van der Waals surface area contributed by atoms with E-state index in [-0.39, 0.29) is 21.3 Å². The van der Waals surface area contributed by atoms with Crippen LogP contribution in [-0.4, -0.2) is 14.2 Å². The Morgan fingerprint density at radius 3 is 2.36 bits per heavy atom. The zero-order chi connectivity index (χ0) is 10.9. The largest absolute Gasteiger partial charge is 0.294 e. The lowest BCUT2D eigenvalue weighted by Crippen LogP contribution is -2.02. The molecular weight excluding hydrogens is 247 g/mol. The summed E-state index contributed by atoms with van der Waals surface area (Å²) in [5.41, 5.74) is 0.0457. The van der Waals surface area contributed by atoms with Gasteiger partial charge < -0.3 is 0 Å². The normalized spacial score (nSPS) is 11.4. The predicted octanol–water partition coefficient (Wildman–Crippen LogP) is 2.47. The van der Waals surface area contributed by atoms with Crippen LogP contribution in [0.4, 0.5) is 0 Å². The Kier molecular flexibility index (Phi) is 3.19. The molecule has 0 radical (unpaired) electrons. The molecule has 0 fully saturated rings. The molecule has 0 saturated heterocycles. The molecule has 3 nitrogen and oxygen atoms in total. The van der Waals surface area contributed by atoms with Crippen LogP contribution in [-0.2, 0) is 9.05 Å². The summed E-state index contributed by atoms with van der Waals surface area (Å²) in [5.74, 6) is -0.374. The fourth-order valence-electron chi connectivity index (χ4n) is 0.989. The highest BCUT2D eigenvalue weighted by Gasteiger charge is 2.18. The molecule has 0 saturated carbocycles. The van der Waals surface area contributed by atoms with Crippen molar-refractivity contribution in [1.82, 2.24) is 0 Å². The Bertz CT molecular complexity index is 479. The van der Waals surface area contributed by atoms with E-state index < -0.39 is 9.05 Å². The van der Waals surface area contributed by atoms with Crippen LogP contribution in [0.2, 0.25) is 5.02 Å². The number of hydrogen-bond donors (Lipinski definition) is 0. The molecule has 1 rings (SSSR count). The number of carbonyl (C=O) groups is 1. The Balaban J connectivity index is 3.54. The third kappa shape index (κ3) is 2.47. The van der Waals surface area contributed by atoms with Crippen molar-refractivity contribution in [2.24, 2.45) is 0 Å². The Morgan fingerprint density at radius 2 is 1.93 bits per heavy atom. The van der Waals surface area contributed by atoms with Crippen LogP contribution < -0.4 is 0 Å². The van der Waals surface area contributed by atoms with Crippen LogP contribution in [0.25, 0.3) is 0 Å². The van der Waals surface area contributed by atoms with Crippen LogP contribution >= 0.6 is 22.3 Å². The van der Waals surface area contributed by atoms with Gasteiger partial charge in [0.2, 0.25) is 0 Å². The molecule has 1 aromatic rings. The first-order chi connectivity index (χ1) is 6.32. The zero-order valence-corrected chi connectivity index (χ0v) is 9.45. The van der Waals surface area contributed by atoms with Crippen LogP contribution in [0.15, 0.2) is 23.1 Å². The van der Waals surface area contributed by atoms with E-state index in [1.807, 2.05) is 0 Å². The van der Waals surface area contributed by atoms with Gasteiger partial charge in [0.05, 0.1) is 4.90 Å². The van der Waals surface area contributed by atoms with Crippen molar-refractivity contribution < 1.29 is 13.2 Å². The minimum Gasteiger partial charge on any atom is -0.294 e. The van der Waals surface area contributed by atoms with Gasteiger partial charge in [0.1, 0.15) is 0 Å². The average molecular weight is 253 g/mol. The molecule has 0 aliphatic rings. The second-order valence-corrected chi connectivity index (χ2v) is 5.61. The molecule has 0 aliphatic carbocycles. The fourth-order valence-corrected chi connectivity index (χ4v) is 2.35. The fraction of sp³-hybridized carbons (Fsp3) is 0.125. The summed E-state index contributed by atoms with van der Waals surface area (Å²) >= 11 is 5.59.